The van der Waals surface area contributed by atoms with E-state index in [1.54, 1.807) is 12.1 Å². The van der Waals surface area contributed by atoms with E-state index in [0.717, 1.165) is 11.0 Å². The summed E-state index contributed by atoms with van der Waals surface area (Å²) in [6.45, 7) is 7.79. The van der Waals surface area contributed by atoms with Crippen molar-refractivity contribution in [2.24, 2.45) is 0 Å². The Hall–Kier alpha value is -1.72. The standard InChI is InChI=1S/C18H27BN2O6S/c1-17(2)18(3,4)27-19(26-17)14(11-20-5)10-13-6-8-15(9-7-13)28(24,25)21-12-16(22)23/h6-10,20-21H,11-12H2,1-5H3,(H,22,23). The molecule has 0 aromatic heterocycles. The van der Waals surface area contributed by atoms with Crippen molar-refractivity contribution in [3.63, 3.8) is 0 Å². The number of carbonyl (C=O) groups is 1. The molecule has 1 aliphatic heterocycles. The maximum atomic E-state index is 12.1. The van der Waals surface area contributed by atoms with Crippen LogP contribution in [0.15, 0.2) is 34.6 Å². The highest BCUT2D eigenvalue weighted by Gasteiger charge is 2.52. The highest BCUT2D eigenvalue weighted by atomic mass is 32.2. The van der Waals surface area contributed by atoms with Crippen molar-refractivity contribution >= 4 is 29.2 Å². The third-order valence-corrected chi connectivity index (χ3v) is 6.31. The van der Waals surface area contributed by atoms with E-state index in [4.69, 9.17) is 14.4 Å². The van der Waals surface area contributed by atoms with Crippen LogP contribution in [0.1, 0.15) is 33.3 Å². The largest absolute Gasteiger partial charge is 0.491 e. The molecule has 0 bridgehead atoms. The Labute approximate surface area is 166 Å². The highest BCUT2D eigenvalue weighted by molar-refractivity contribution is 7.89. The van der Waals surface area contributed by atoms with Crippen LogP contribution in [-0.2, 0) is 24.1 Å². The Bertz CT molecular complexity index is 833. The monoisotopic (exact) mass is 410 g/mol. The van der Waals surface area contributed by atoms with E-state index < -0.39 is 40.9 Å². The first kappa shape index (κ1) is 22.6. The van der Waals surface area contributed by atoms with Gasteiger partial charge in [0, 0.05) is 6.54 Å². The second kappa shape index (κ2) is 8.34. The third-order valence-electron chi connectivity index (χ3n) is 4.89. The smallest absolute Gasteiger partial charge is 0.480 e. The molecule has 0 aliphatic carbocycles. The Balaban J connectivity index is 2.23. The fourth-order valence-corrected chi connectivity index (χ4v) is 3.57. The van der Waals surface area contributed by atoms with Crippen LogP contribution in [0, 0.1) is 0 Å². The topological polar surface area (TPSA) is 114 Å². The summed E-state index contributed by atoms with van der Waals surface area (Å²) in [6.07, 6.45) is 1.89. The van der Waals surface area contributed by atoms with Gasteiger partial charge < -0.3 is 19.7 Å². The molecular weight excluding hydrogens is 383 g/mol. The number of carboxylic acids is 1. The first-order chi connectivity index (χ1) is 12.9. The van der Waals surface area contributed by atoms with E-state index >= 15 is 0 Å². The summed E-state index contributed by atoms with van der Waals surface area (Å²) in [5, 5.41) is 11.7. The van der Waals surface area contributed by atoms with Crippen molar-refractivity contribution in [3.05, 3.63) is 35.3 Å². The highest BCUT2D eigenvalue weighted by Crippen LogP contribution is 2.38. The first-order valence-corrected chi connectivity index (χ1v) is 10.4. The molecule has 0 radical (unpaired) electrons. The Morgan fingerprint density at radius 3 is 2.11 bits per heavy atom. The minimum absolute atomic E-state index is 0.00306. The molecule has 1 aromatic rings. The number of nitrogens with one attached hydrogen (secondary N) is 2. The van der Waals surface area contributed by atoms with Crippen LogP contribution >= 0.6 is 0 Å². The lowest BCUT2D eigenvalue weighted by Crippen LogP contribution is -2.41. The van der Waals surface area contributed by atoms with Gasteiger partial charge in [-0.05, 0) is 57.9 Å². The molecule has 1 fully saturated rings. The maximum Gasteiger partial charge on any atom is 0.491 e. The van der Waals surface area contributed by atoms with E-state index in [9.17, 15) is 13.2 Å². The van der Waals surface area contributed by atoms with Gasteiger partial charge >= 0.3 is 13.1 Å². The van der Waals surface area contributed by atoms with Crippen molar-refractivity contribution in [2.75, 3.05) is 20.1 Å². The zero-order chi connectivity index (χ0) is 21.2. The van der Waals surface area contributed by atoms with Crippen molar-refractivity contribution in [1.29, 1.82) is 0 Å². The summed E-state index contributed by atoms with van der Waals surface area (Å²) in [4.78, 5) is 10.6. The molecule has 1 saturated heterocycles. The average Bonchev–Trinajstić information content (AvgIpc) is 2.81. The number of hydrogen-bond acceptors (Lipinski definition) is 6. The molecule has 3 N–H and O–H groups in total. The van der Waals surface area contributed by atoms with Gasteiger partial charge in [0.25, 0.3) is 0 Å². The normalized spacial score (nSPS) is 19.0. The summed E-state index contributed by atoms with van der Waals surface area (Å²) in [6, 6.07) is 6.15. The third kappa shape index (κ3) is 5.21. The molecule has 0 saturated carbocycles. The molecule has 28 heavy (non-hydrogen) atoms. The quantitative estimate of drug-likeness (QED) is 0.554. The maximum absolute atomic E-state index is 12.1. The molecule has 1 aliphatic rings. The van der Waals surface area contributed by atoms with Gasteiger partial charge in [-0.25, -0.2) is 8.42 Å². The second-order valence-electron chi connectivity index (χ2n) is 7.63. The van der Waals surface area contributed by atoms with Gasteiger partial charge in [-0.1, -0.05) is 18.2 Å². The molecule has 154 valence electrons. The molecule has 0 spiro atoms. The number of hydrogen-bond donors (Lipinski definition) is 3. The molecule has 10 heteroatoms. The molecule has 2 rings (SSSR count). The summed E-state index contributed by atoms with van der Waals surface area (Å²) >= 11 is 0. The summed E-state index contributed by atoms with van der Waals surface area (Å²) in [5.74, 6) is -1.25. The molecule has 0 atom stereocenters. The number of rotatable bonds is 8. The fraction of sp³-hybridized carbons (Fsp3) is 0.500. The number of aliphatic carboxylic acids is 1. The van der Waals surface area contributed by atoms with Crippen LogP contribution in [0.5, 0.6) is 0 Å². The van der Waals surface area contributed by atoms with Crippen LogP contribution in [-0.4, -0.2) is 58.0 Å². The van der Waals surface area contributed by atoms with Gasteiger partial charge in [0.1, 0.15) is 6.54 Å². The lowest BCUT2D eigenvalue weighted by Gasteiger charge is -2.32. The number of benzene rings is 1. The van der Waals surface area contributed by atoms with Gasteiger partial charge in [-0.2, -0.15) is 4.72 Å². The van der Waals surface area contributed by atoms with Gasteiger partial charge in [0.15, 0.2) is 0 Å². The zero-order valence-corrected chi connectivity index (χ0v) is 17.6. The molecule has 1 heterocycles. The van der Waals surface area contributed by atoms with E-state index in [0.29, 0.717) is 6.54 Å². The van der Waals surface area contributed by atoms with E-state index in [2.05, 4.69) is 5.32 Å². The lowest BCUT2D eigenvalue weighted by molar-refractivity contribution is -0.135. The van der Waals surface area contributed by atoms with E-state index in [1.165, 1.54) is 12.1 Å². The number of likely N-dealkylation sites (N-methyl/N-ethyl adjacent to an activating group) is 1. The predicted octanol–water partition coefficient (Wildman–Crippen LogP) is 1.28. The number of carboxylic acid groups (broad SMARTS) is 1. The first-order valence-electron chi connectivity index (χ1n) is 8.90. The van der Waals surface area contributed by atoms with Gasteiger partial charge in [-0.15, -0.1) is 0 Å². The van der Waals surface area contributed by atoms with Crippen LogP contribution in [0.25, 0.3) is 6.08 Å². The molecule has 0 amide bonds. The van der Waals surface area contributed by atoms with Crippen molar-refractivity contribution in [1.82, 2.24) is 10.0 Å². The fourth-order valence-electron chi connectivity index (χ4n) is 2.60. The van der Waals surface area contributed by atoms with Crippen molar-refractivity contribution in [2.45, 2.75) is 43.8 Å². The minimum Gasteiger partial charge on any atom is -0.480 e. The Morgan fingerprint density at radius 2 is 1.64 bits per heavy atom. The molecule has 8 nitrogen and oxygen atoms in total. The predicted molar refractivity (Wildman–Crippen MR) is 107 cm³/mol. The summed E-state index contributed by atoms with van der Waals surface area (Å²) < 4.78 is 38.4. The Morgan fingerprint density at radius 1 is 1.11 bits per heavy atom. The van der Waals surface area contributed by atoms with E-state index in [-0.39, 0.29) is 4.90 Å². The second-order valence-corrected chi connectivity index (χ2v) is 9.39. The minimum atomic E-state index is -3.87. The van der Waals surface area contributed by atoms with Crippen LogP contribution in [0.3, 0.4) is 0 Å². The number of sulfonamides is 1. The van der Waals surface area contributed by atoms with Gasteiger partial charge in [0.05, 0.1) is 16.1 Å². The zero-order valence-electron chi connectivity index (χ0n) is 16.8. The summed E-state index contributed by atoms with van der Waals surface area (Å²) in [7, 11) is -2.56. The van der Waals surface area contributed by atoms with E-state index in [1.807, 2.05) is 45.5 Å². The molecular formula is C18H27BN2O6S. The van der Waals surface area contributed by atoms with Crippen molar-refractivity contribution < 1.29 is 27.6 Å². The van der Waals surface area contributed by atoms with Crippen LogP contribution in [0.2, 0.25) is 0 Å². The molecule has 0 unspecified atom stereocenters. The average molecular weight is 410 g/mol. The summed E-state index contributed by atoms with van der Waals surface area (Å²) in [5.41, 5.74) is 0.731. The SMILES string of the molecule is CNCC(=Cc1ccc(S(=O)(=O)NCC(=O)O)cc1)B1OC(C)(C)C(C)(C)O1. The van der Waals surface area contributed by atoms with Gasteiger partial charge in [0.2, 0.25) is 10.0 Å². The lowest BCUT2D eigenvalue weighted by atomic mass is 9.77. The Kier molecular flexibility index (Phi) is 6.72. The van der Waals surface area contributed by atoms with Crippen LogP contribution in [0.4, 0.5) is 0 Å². The van der Waals surface area contributed by atoms with Crippen LogP contribution < -0.4 is 10.0 Å². The molecule has 1 aromatic carbocycles. The van der Waals surface area contributed by atoms with Crippen molar-refractivity contribution in [3.8, 4) is 0 Å². The van der Waals surface area contributed by atoms with Gasteiger partial charge in [-0.3, -0.25) is 4.79 Å².